The van der Waals surface area contributed by atoms with Gasteiger partial charge >= 0.3 is 51.4 Å². The van der Waals surface area contributed by atoms with Crippen LogP contribution in [-0.2, 0) is 4.79 Å². The van der Waals surface area contributed by atoms with E-state index in [-0.39, 0.29) is 63.0 Å². The van der Waals surface area contributed by atoms with E-state index in [1.807, 2.05) is 0 Å². The van der Waals surface area contributed by atoms with Gasteiger partial charge in [0.25, 0.3) is 0 Å². The number of hydrazine groups is 1. The zero-order valence-electron chi connectivity index (χ0n) is 6.29. The van der Waals surface area contributed by atoms with E-state index in [2.05, 4.69) is 24.8 Å². The van der Waals surface area contributed by atoms with Gasteiger partial charge < -0.3 is 1.43 Å². The molecule has 0 rings (SSSR count). The second kappa shape index (κ2) is 6.23. The average molecular weight is 190 g/mol. The summed E-state index contributed by atoms with van der Waals surface area (Å²) in [5.41, 5.74) is 0. The molecule has 0 aliphatic heterocycles. The second-order valence-corrected chi connectivity index (χ2v) is 2.28. The summed E-state index contributed by atoms with van der Waals surface area (Å²) in [6.45, 7) is 1.31. The minimum atomic E-state index is -0.315. The first kappa shape index (κ1) is 13.1. The number of nitrogens with two attached hydrogens (primary N) is 1. The zero-order chi connectivity index (χ0) is 6.73. The van der Waals surface area contributed by atoms with Gasteiger partial charge in [-0.25, -0.2) is 10.9 Å². The van der Waals surface area contributed by atoms with Gasteiger partial charge in [-0.15, -0.1) is 12.6 Å². The van der Waals surface area contributed by atoms with E-state index in [0.717, 1.165) is 5.01 Å². The Bertz CT molecular complexity index is 120. The molecule has 0 bridgehead atoms. The third-order valence-electron chi connectivity index (χ3n) is 0.545. The van der Waals surface area contributed by atoms with Gasteiger partial charge in [0.05, 0.1) is 0 Å². The molecule has 0 fully saturated rings. The predicted molar refractivity (Wildman–Crippen MR) is 39.4 cm³/mol. The van der Waals surface area contributed by atoms with Gasteiger partial charge in [0.15, 0.2) is 4.32 Å². The van der Waals surface area contributed by atoms with Crippen molar-refractivity contribution in [3.63, 3.8) is 0 Å². The van der Waals surface area contributed by atoms with Crippen LogP contribution in [-0.4, -0.2) is 15.2 Å². The molecule has 6 heteroatoms. The van der Waals surface area contributed by atoms with Crippen molar-refractivity contribution in [1.82, 2.24) is 5.01 Å². The number of carbonyl (C=O) groups is 1. The minimum absolute atomic E-state index is 0. The van der Waals surface area contributed by atoms with E-state index in [9.17, 15) is 4.79 Å². The van der Waals surface area contributed by atoms with Crippen LogP contribution in [0.1, 0.15) is 8.35 Å². The molecule has 0 aromatic heterocycles. The Balaban J connectivity index is -0.000000245. The van der Waals surface area contributed by atoms with Crippen molar-refractivity contribution < 1.29 is 57.6 Å². The van der Waals surface area contributed by atoms with Crippen molar-refractivity contribution in [3.8, 4) is 0 Å². The summed E-state index contributed by atoms with van der Waals surface area (Å²) in [5.74, 6) is 4.71. The van der Waals surface area contributed by atoms with Crippen molar-refractivity contribution >= 4 is 35.1 Å². The molecule has 0 radical (unpaired) electrons. The normalized spacial score (nSPS) is 7.44. The molecule has 0 aliphatic carbocycles. The first-order valence-corrected chi connectivity index (χ1v) is 2.69. The van der Waals surface area contributed by atoms with E-state index in [1.54, 1.807) is 0 Å². The number of hydrogen-bond acceptors (Lipinski definition) is 3. The van der Waals surface area contributed by atoms with Gasteiger partial charge in [-0.05, 0) is 0 Å². The molecule has 0 spiro atoms. The zero-order valence-corrected chi connectivity index (χ0v) is 10.1. The smallest absolute Gasteiger partial charge is 1.00 e. The third kappa shape index (κ3) is 5.93. The van der Waals surface area contributed by atoms with Crippen LogP contribution in [0.15, 0.2) is 0 Å². The maximum Gasteiger partial charge on any atom is 1.00 e. The van der Waals surface area contributed by atoms with Crippen molar-refractivity contribution in [2.24, 2.45) is 5.84 Å². The van der Waals surface area contributed by atoms with Gasteiger partial charge in [-0.2, -0.15) is 0 Å². The SMILES string of the molecule is CC(=O)N(N)C(=S)S.[H-].[K+]. The fourth-order valence-electron chi connectivity index (χ4n) is 0.135. The van der Waals surface area contributed by atoms with Gasteiger partial charge in [0.1, 0.15) is 0 Å². The molecule has 9 heavy (non-hydrogen) atoms. The van der Waals surface area contributed by atoms with Crippen molar-refractivity contribution in [2.75, 3.05) is 0 Å². The van der Waals surface area contributed by atoms with Crippen LogP contribution >= 0.6 is 24.8 Å². The summed E-state index contributed by atoms with van der Waals surface area (Å²) in [6, 6.07) is 0. The topological polar surface area (TPSA) is 46.3 Å². The fraction of sp³-hybridized carbons (Fsp3) is 0.333. The first-order chi connectivity index (χ1) is 3.55. The largest absolute Gasteiger partial charge is 1.00 e. The van der Waals surface area contributed by atoms with Crippen molar-refractivity contribution in [1.29, 1.82) is 0 Å². The van der Waals surface area contributed by atoms with Gasteiger partial charge in [0.2, 0.25) is 5.91 Å². The standard InChI is InChI=1S/C3H6N2OS2.K.H/c1-2(6)5(4)3(7)8;;/h4H2,1H3,(H,7,8);;/q;+1;-1. The summed E-state index contributed by atoms with van der Waals surface area (Å²) in [5, 5.41) is 0.790. The van der Waals surface area contributed by atoms with Gasteiger partial charge in [-0.3, -0.25) is 4.79 Å². The van der Waals surface area contributed by atoms with Crippen LogP contribution < -0.4 is 57.2 Å². The number of thiocarbonyl (C=S) groups is 1. The van der Waals surface area contributed by atoms with Gasteiger partial charge in [-0.1, -0.05) is 12.2 Å². The Morgan fingerprint density at radius 3 is 2.22 bits per heavy atom. The van der Waals surface area contributed by atoms with E-state index in [1.165, 1.54) is 6.92 Å². The second-order valence-electron chi connectivity index (χ2n) is 1.17. The number of rotatable bonds is 0. The van der Waals surface area contributed by atoms with E-state index in [0.29, 0.717) is 0 Å². The number of nitrogens with zero attached hydrogens (tertiary/aromatic N) is 1. The van der Waals surface area contributed by atoms with Crippen LogP contribution in [0.5, 0.6) is 0 Å². The van der Waals surface area contributed by atoms with Crippen LogP contribution in [0.3, 0.4) is 0 Å². The predicted octanol–water partition coefficient (Wildman–Crippen LogP) is -2.96. The molecule has 0 aliphatic rings. The van der Waals surface area contributed by atoms with E-state index >= 15 is 0 Å². The average Bonchev–Trinajstić information content (AvgIpc) is 1.64. The summed E-state index contributed by atoms with van der Waals surface area (Å²) in [7, 11) is 0. The Labute approximate surface area is 109 Å². The Hall–Kier alpha value is 1.51. The maximum atomic E-state index is 10.2. The summed E-state index contributed by atoms with van der Waals surface area (Å²) >= 11 is 8.08. The Morgan fingerprint density at radius 2 is 2.22 bits per heavy atom. The number of amides is 1. The molecule has 0 aromatic rings. The maximum absolute atomic E-state index is 10.2. The van der Waals surface area contributed by atoms with Gasteiger partial charge in [0, 0.05) is 6.92 Å². The van der Waals surface area contributed by atoms with Crippen LogP contribution in [0.25, 0.3) is 0 Å². The Morgan fingerprint density at radius 1 is 1.89 bits per heavy atom. The number of hydrogen-bond donors (Lipinski definition) is 2. The fourth-order valence-corrected chi connectivity index (χ4v) is 0.404. The number of thiol groups is 1. The molecule has 2 N–H and O–H groups in total. The van der Waals surface area contributed by atoms with Crippen molar-refractivity contribution in [2.45, 2.75) is 6.92 Å². The van der Waals surface area contributed by atoms with E-state index < -0.39 is 0 Å². The summed E-state index contributed by atoms with van der Waals surface area (Å²) in [4.78, 5) is 10.2. The molecular weight excluding hydrogens is 183 g/mol. The van der Waals surface area contributed by atoms with Crippen LogP contribution in [0, 0.1) is 0 Å². The molecule has 0 unspecified atom stereocenters. The molecule has 0 saturated heterocycles. The third-order valence-corrected chi connectivity index (χ3v) is 0.958. The van der Waals surface area contributed by atoms with E-state index in [4.69, 9.17) is 5.84 Å². The van der Waals surface area contributed by atoms with Crippen LogP contribution in [0.4, 0.5) is 0 Å². The molecule has 0 aromatic carbocycles. The molecular formula is C3H7KN2OS2. The quantitative estimate of drug-likeness (QED) is 0.107. The minimum Gasteiger partial charge on any atom is -1.00 e. The molecule has 0 heterocycles. The monoisotopic (exact) mass is 190 g/mol. The molecule has 48 valence electrons. The van der Waals surface area contributed by atoms with Crippen molar-refractivity contribution in [3.05, 3.63) is 0 Å². The summed E-state index contributed by atoms with van der Waals surface area (Å²) in [6.07, 6.45) is 0. The molecule has 1 amide bonds. The first-order valence-electron chi connectivity index (χ1n) is 1.84. The molecule has 3 nitrogen and oxygen atoms in total. The summed E-state index contributed by atoms with van der Waals surface area (Å²) < 4.78 is 0.0810. The van der Waals surface area contributed by atoms with Crippen LogP contribution in [0.2, 0.25) is 0 Å². The molecule has 0 saturated carbocycles. The Kier molecular flexibility index (Phi) is 9.09. The molecule has 0 atom stereocenters. The number of carbonyl (C=O) groups excluding carboxylic acids is 1.